The molecule has 0 aliphatic heterocycles. The van der Waals surface area contributed by atoms with Gasteiger partial charge in [-0.3, -0.25) is 0 Å². The monoisotopic (exact) mass is 254 g/mol. The number of hydrogen-bond acceptors (Lipinski definition) is 1. The Labute approximate surface area is 114 Å². The standard InChI is InChI=1S/C16H30S/c1-5-7-13(2)9-11-16(15(4)12-17)10-6-8-14(16)3/h8,13,15,17H,5-7,9-12H2,1-4H3. The molecule has 0 saturated heterocycles. The summed E-state index contributed by atoms with van der Waals surface area (Å²) in [6.07, 6.45) is 10.6. The molecule has 0 heterocycles. The summed E-state index contributed by atoms with van der Waals surface area (Å²) < 4.78 is 0. The number of allylic oxidation sites excluding steroid dienone is 2. The Kier molecular flexibility index (Phi) is 6.12. The topological polar surface area (TPSA) is 0 Å². The van der Waals surface area contributed by atoms with Gasteiger partial charge in [-0.25, -0.2) is 0 Å². The Morgan fingerprint density at radius 1 is 1.35 bits per heavy atom. The van der Waals surface area contributed by atoms with Crippen molar-refractivity contribution < 1.29 is 0 Å². The molecule has 3 atom stereocenters. The van der Waals surface area contributed by atoms with Gasteiger partial charge in [0.15, 0.2) is 0 Å². The van der Waals surface area contributed by atoms with Crippen LogP contribution in [0.2, 0.25) is 0 Å². The van der Waals surface area contributed by atoms with Crippen molar-refractivity contribution in [2.24, 2.45) is 17.3 Å². The van der Waals surface area contributed by atoms with Crippen molar-refractivity contribution in [3.05, 3.63) is 11.6 Å². The zero-order chi connectivity index (χ0) is 12.9. The summed E-state index contributed by atoms with van der Waals surface area (Å²) in [5.74, 6) is 2.63. The van der Waals surface area contributed by atoms with Gasteiger partial charge in [0.1, 0.15) is 0 Å². The fourth-order valence-corrected chi connectivity index (χ4v) is 3.82. The molecule has 0 nitrogen and oxygen atoms in total. The van der Waals surface area contributed by atoms with Crippen LogP contribution in [0.25, 0.3) is 0 Å². The number of thiol groups is 1. The second-order valence-corrected chi connectivity index (χ2v) is 6.46. The molecule has 1 heteroatoms. The molecule has 0 aromatic rings. The van der Waals surface area contributed by atoms with E-state index in [1.165, 1.54) is 38.5 Å². The molecule has 100 valence electrons. The second kappa shape index (κ2) is 6.87. The summed E-state index contributed by atoms with van der Waals surface area (Å²) in [5.41, 5.74) is 2.12. The van der Waals surface area contributed by atoms with Gasteiger partial charge >= 0.3 is 0 Å². The molecule has 0 radical (unpaired) electrons. The maximum absolute atomic E-state index is 4.54. The van der Waals surface area contributed by atoms with Crippen LogP contribution in [0.4, 0.5) is 0 Å². The molecule has 1 aliphatic carbocycles. The third-order valence-electron chi connectivity index (χ3n) is 4.91. The van der Waals surface area contributed by atoms with E-state index in [-0.39, 0.29) is 0 Å². The van der Waals surface area contributed by atoms with Crippen LogP contribution in [-0.2, 0) is 0 Å². The molecule has 3 unspecified atom stereocenters. The largest absolute Gasteiger partial charge is 0.179 e. The average Bonchev–Trinajstić information content (AvgIpc) is 2.68. The van der Waals surface area contributed by atoms with Crippen molar-refractivity contribution >= 4 is 12.6 Å². The predicted molar refractivity (Wildman–Crippen MR) is 81.7 cm³/mol. The van der Waals surface area contributed by atoms with Crippen molar-refractivity contribution in [2.45, 2.75) is 66.2 Å². The number of rotatable bonds is 7. The summed E-state index contributed by atoms with van der Waals surface area (Å²) >= 11 is 4.54. The molecule has 1 aliphatic rings. The quantitative estimate of drug-likeness (QED) is 0.450. The van der Waals surface area contributed by atoms with Crippen molar-refractivity contribution in [1.82, 2.24) is 0 Å². The minimum Gasteiger partial charge on any atom is -0.179 e. The molecule has 0 N–H and O–H groups in total. The highest BCUT2D eigenvalue weighted by atomic mass is 32.1. The van der Waals surface area contributed by atoms with E-state index in [9.17, 15) is 0 Å². The minimum absolute atomic E-state index is 0.476. The smallest absolute Gasteiger partial charge is 0.00544 e. The normalized spacial score (nSPS) is 27.9. The Morgan fingerprint density at radius 2 is 2.06 bits per heavy atom. The van der Waals surface area contributed by atoms with E-state index in [0.717, 1.165) is 17.6 Å². The van der Waals surface area contributed by atoms with E-state index in [1.54, 1.807) is 5.57 Å². The van der Waals surface area contributed by atoms with Crippen molar-refractivity contribution in [3.8, 4) is 0 Å². The summed E-state index contributed by atoms with van der Waals surface area (Å²) in [7, 11) is 0. The predicted octanol–water partition coefficient (Wildman–Crippen LogP) is 5.50. The molecule has 0 spiro atoms. The van der Waals surface area contributed by atoms with Crippen LogP contribution in [0.5, 0.6) is 0 Å². The van der Waals surface area contributed by atoms with E-state index in [0.29, 0.717) is 5.41 Å². The highest BCUT2D eigenvalue weighted by Crippen LogP contribution is 2.49. The third-order valence-corrected chi connectivity index (χ3v) is 5.46. The van der Waals surface area contributed by atoms with Crippen LogP contribution >= 0.6 is 12.6 Å². The van der Waals surface area contributed by atoms with E-state index in [4.69, 9.17) is 0 Å². The lowest BCUT2D eigenvalue weighted by molar-refractivity contribution is 0.207. The van der Waals surface area contributed by atoms with Crippen LogP contribution in [0.1, 0.15) is 66.2 Å². The van der Waals surface area contributed by atoms with Crippen molar-refractivity contribution in [3.63, 3.8) is 0 Å². The van der Waals surface area contributed by atoms with Gasteiger partial charge in [-0.1, -0.05) is 45.3 Å². The molecule has 0 bridgehead atoms. The van der Waals surface area contributed by atoms with Crippen molar-refractivity contribution in [2.75, 3.05) is 5.75 Å². The number of hydrogen-bond donors (Lipinski definition) is 1. The maximum Gasteiger partial charge on any atom is -0.00544 e. The lowest BCUT2D eigenvalue weighted by Crippen LogP contribution is -2.29. The molecule has 0 amide bonds. The first-order valence-corrected chi connectivity index (χ1v) is 7.98. The Balaban J connectivity index is 2.63. The van der Waals surface area contributed by atoms with Crippen LogP contribution in [-0.4, -0.2) is 5.75 Å². The zero-order valence-electron chi connectivity index (χ0n) is 12.1. The first-order valence-electron chi connectivity index (χ1n) is 7.35. The summed E-state index contributed by atoms with van der Waals surface area (Å²) in [6, 6.07) is 0. The SMILES string of the molecule is CCCC(C)CCC1(C(C)CS)CCC=C1C. The van der Waals surface area contributed by atoms with Crippen molar-refractivity contribution in [1.29, 1.82) is 0 Å². The Hall–Kier alpha value is 0.0900. The van der Waals surface area contributed by atoms with Crippen LogP contribution in [0, 0.1) is 17.3 Å². The molecule has 0 aromatic carbocycles. The summed E-state index contributed by atoms with van der Waals surface area (Å²) in [5, 5.41) is 0. The fraction of sp³-hybridized carbons (Fsp3) is 0.875. The maximum atomic E-state index is 4.54. The van der Waals surface area contributed by atoms with E-state index in [2.05, 4.69) is 46.4 Å². The van der Waals surface area contributed by atoms with Gasteiger partial charge in [-0.15, -0.1) is 0 Å². The summed E-state index contributed by atoms with van der Waals surface area (Å²) in [4.78, 5) is 0. The van der Waals surface area contributed by atoms with Gasteiger partial charge in [0.2, 0.25) is 0 Å². The van der Waals surface area contributed by atoms with Gasteiger partial charge < -0.3 is 0 Å². The third kappa shape index (κ3) is 3.53. The molecule has 1 rings (SSSR count). The average molecular weight is 254 g/mol. The van der Waals surface area contributed by atoms with E-state index < -0.39 is 0 Å². The van der Waals surface area contributed by atoms with Gasteiger partial charge in [0.05, 0.1) is 0 Å². The molecule has 0 saturated carbocycles. The first kappa shape index (κ1) is 15.1. The first-order chi connectivity index (χ1) is 8.06. The molecular weight excluding hydrogens is 224 g/mol. The van der Waals surface area contributed by atoms with Gasteiger partial charge in [0, 0.05) is 0 Å². The van der Waals surface area contributed by atoms with Gasteiger partial charge in [0.25, 0.3) is 0 Å². The fourth-order valence-electron chi connectivity index (χ4n) is 3.47. The summed E-state index contributed by atoms with van der Waals surface area (Å²) in [6.45, 7) is 9.44. The highest BCUT2D eigenvalue weighted by Gasteiger charge is 2.38. The highest BCUT2D eigenvalue weighted by molar-refractivity contribution is 7.80. The van der Waals surface area contributed by atoms with Crippen LogP contribution in [0.3, 0.4) is 0 Å². The molecule has 17 heavy (non-hydrogen) atoms. The zero-order valence-corrected chi connectivity index (χ0v) is 13.0. The molecule has 0 fully saturated rings. The van der Waals surface area contributed by atoms with E-state index in [1.807, 2.05) is 0 Å². The van der Waals surface area contributed by atoms with Gasteiger partial charge in [-0.05, 0) is 55.6 Å². The Bertz CT molecular complexity index is 256. The minimum atomic E-state index is 0.476. The Morgan fingerprint density at radius 3 is 2.53 bits per heavy atom. The lowest BCUT2D eigenvalue weighted by atomic mass is 9.68. The molecular formula is C16H30S. The van der Waals surface area contributed by atoms with Crippen LogP contribution in [0.15, 0.2) is 11.6 Å². The van der Waals surface area contributed by atoms with E-state index >= 15 is 0 Å². The lowest BCUT2D eigenvalue weighted by Gasteiger charge is -2.38. The molecule has 0 aromatic heterocycles. The van der Waals surface area contributed by atoms with Gasteiger partial charge in [-0.2, -0.15) is 12.6 Å². The van der Waals surface area contributed by atoms with Crippen LogP contribution < -0.4 is 0 Å². The second-order valence-electron chi connectivity index (χ2n) is 6.10.